The van der Waals surface area contributed by atoms with Crippen LogP contribution < -0.4 is 5.32 Å². The molecule has 1 rings (SSSR count). The Morgan fingerprint density at radius 2 is 1.80 bits per heavy atom. The third kappa shape index (κ3) is 4.83. The number of hydrogen-bond acceptors (Lipinski definition) is 3. The highest BCUT2D eigenvalue weighted by Gasteiger charge is 2.20. The highest BCUT2D eigenvalue weighted by atomic mass is 79.9. The third-order valence-corrected chi connectivity index (χ3v) is 4.39. The first-order chi connectivity index (χ1) is 9.22. The fourth-order valence-corrected chi connectivity index (χ4v) is 3.85. The van der Waals surface area contributed by atoms with Gasteiger partial charge >= 0.3 is 5.97 Å². The van der Waals surface area contributed by atoms with Gasteiger partial charge in [0.2, 0.25) is 5.91 Å². The first kappa shape index (κ1) is 17.6. The van der Waals surface area contributed by atoms with E-state index in [-0.39, 0.29) is 12.5 Å². The molecule has 0 heterocycles. The molecule has 0 fully saturated rings. The van der Waals surface area contributed by atoms with Gasteiger partial charge in [0.15, 0.2) is 0 Å². The highest BCUT2D eigenvalue weighted by Crippen LogP contribution is 2.34. The number of amides is 1. The summed E-state index contributed by atoms with van der Waals surface area (Å²) in [7, 11) is 1.59. The van der Waals surface area contributed by atoms with Gasteiger partial charge in [-0.2, -0.15) is 0 Å². The normalized spacial score (nSPS) is 12.3. The van der Waals surface area contributed by atoms with Crippen LogP contribution in [0.15, 0.2) is 25.6 Å². The minimum absolute atomic E-state index is 0.0115. The third-order valence-electron chi connectivity index (χ3n) is 2.68. The van der Waals surface area contributed by atoms with Crippen LogP contribution in [0.25, 0.3) is 0 Å². The van der Waals surface area contributed by atoms with Crippen LogP contribution in [-0.2, 0) is 9.59 Å². The Balaban J connectivity index is 2.75. The minimum Gasteiger partial charge on any atom is -0.480 e. The van der Waals surface area contributed by atoms with Gasteiger partial charge in [0.05, 0.1) is 12.2 Å². The summed E-state index contributed by atoms with van der Waals surface area (Å²) in [6.45, 7) is 1.52. The number of carboxylic acid groups (broad SMARTS) is 1. The highest BCUT2D eigenvalue weighted by molar-refractivity contribution is 9.11. The second-order valence-corrected chi connectivity index (χ2v) is 6.85. The van der Waals surface area contributed by atoms with E-state index in [0.29, 0.717) is 5.69 Å². The lowest BCUT2D eigenvalue weighted by molar-refractivity contribution is -0.142. The fourth-order valence-electron chi connectivity index (χ4n) is 1.39. The van der Waals surface area contributed by atoms with Crippen molar-refractivity contribution in [2.45, 2.75) is 13.0 Å². The molecule has 1 aromatic rings. The van der Waals surface area contributed by atoms with Crippen LogP contribution in [0.5, 0.6) is 0 Å². The molecular weight excluding hydrogens is 460 g/mol. The monoisotopic (exact) mass is 470 g/mol. The van der Waals surface area contributed by atoms with Gasteiger partial charge in [-0.05, 0) is 58.0 Å². The molecule has 1 unspecified atom stereocenters. The topological polar surface area (TPSA) is 69.6 Å². The van der Waals surface area contributed by atoms with Crippen LogP contribution >= 0.6 is 47.8 Å². The van der Waals surface area contributed by atoms with E-state index in [9.17, 15) is 9.59 Å². The van der Waals surface area contributed by atoms with E-state index in [1.807, 2.05) is 12.1 Å². The summed E-state index contributed by atoms with van der Waals surface area (Å²) < 4.78 is 2.31. The van der Waals surface area contributed by atoms with E-state index in [1.165, 1.54) is 11.8 Å². The molecule has 0 aliphatic carbocycles. The predicted molar refractivity (Wildman–Crippen MR) is 87.9 cm³/mol. The fraction of sp³-hybridized carbons (Fsp3) is 0.333. The molecule has 0 radical (unpaired) electrons. The van der Waals surface area contributed by atoms with E-state index in [0.717, 1.165) is 13.4 Å². The molecule has 0 aliphatic rings. The first-order valence-electron chi connectivity index (χ1n) is 5.59. The smallest absolute Gasteiger partial charge is 0.320 e. The summed E-state index contributed by atoms with van der Waals surface area (Å²) in [6.07, 6.45) is 0. The zero-order valence-corrected chi connectivity index (χ0v) is 15.5. The number of rotatable bonds is 5. The van der Waals surface area contributed by atoms with Crippen LogP contribution in [0.3, 0.4) is 0 Å². The average molecular weight is 473 g/mol. The largest absolute Gasteiger partial charge is 0.480 e. The summed E-state index contributed by atoms with van der Waals surface area (Å²) in [5.41, 5.74) is 0.606. The molecule has 0 saturated carbocycles. The number of nitrogens with zero attached hydrogens (tertiary/aromatic N) is 1. The number of aliphatic carboxylic acids is 1. The van der Waals surface area contributed by atoms with E-state index < -0.39 is 12.0 Å². The Morgan fingerprint density at radius 3 is 2.25 bits per heavy atom. The molecule has 1 aromatic carbocycles. The van der Waals surface area contributed by atoms with Crippen molar-refractivity contribution in [3.05, 3.63) is 25.6 Å². The van der Waals surface area contributed by atoms with Crippen molar-refractivity contribution < 1.29 is 14.7 Å². The van der Waals surface area contributed by atoms with Crippen LogP contribution in [0.4, 0.5) is 5.69 Å². The predicted octanol–water partition coefficient (Wildman–Crippen LogP) is 3.32. The van der Waals surface area contributed by atoms with Crippen molar-refractivity contribution >= 4 is 65.4 Å². The molecule has 5 nitrogen and oxygen atoms in total. The average Bonchev–Trinajstić information content (AvgIpc) is 2.32. The lowest BCUT2D eigenvalue weighted by atomic mass is 10.3. The standard InChI is InChI=1S/C12H13Br3N2O3/c1-6(12(19)20)17(2)5-10(18)16-11-8(14)3-7(13)4-9(11)15/h3-4,6H,5H2,1-2H3,(H,16,18)(H,19,20). The summed E-state index contributed by atoms with van der Waals surface area (Å²) in [4.78, 5) is 24.2. The molecule has 1 atom stereocenters. The van der Waals surface area contributed by atoms with Crippen molar-refractivity contribution in [3.63, 3.8) is 0 Å². The second-order valence-electron chi connectivity index (χ2n) is 4.22. The first-order valence-corrected chi connectivity index (χ1v) is 7.97. The maximum absolute atomic E-state index is 11.9. The van der Waals surface area contributed by atoms with E-state index in [4.69, 9.17) is 5.11 Å². The lowest BCUT2D eigenvalue weighted by Crippen LogP contribution is -2.40. The SMILES string of the molecule is CC(C(=O)O)N(C)CC(=O)Nc1c(Br)cc(Br)cc1Br. The molecule has 1 amide bonds. The molecule has 110 valence electrons. The van der Waals surface area contributed by atoms with Crippen molar-refractivity contribution in [1.82, 2.24) is 4.90 Å². The van der Waals surface area contributed by atoms with Crippen LogP contribution in [0, 0.1) is 0 Å². The molecule has 0 aliphatic heterocycles. The molecule has 0 spiro atoms. The van der Waals surface area contributed by atoms with Crippen LogP contribution in [-0.4, -0.2) is 41.5 Å². The number of carbonyl (C=O) groups excluding carboxylic acids is 1. The Bertz CT molecular complexity index is 514. The van der Waals surface area contributed by atoms with Gasteiger partial charge in [-0.15, -0.1) is 0 Å². The summed E-state index contributed by atoms with van der Waals surface area (Å²) in [6, 6.07) is 2.89. The quantitative estimate of drug-likeness (QED) is 0.689. The number of nitrogens with one attached hydrogen (secondary N) is 1. The number of halogens is 3. The van der Waals surface area contributed by atoms with Gasteiger partial charge in [-0.3, -0.25) is 14.5 Å². The minimum atomic E-state index is -0.966. The maximum Gasteiger partial charge on any atom is 0.320 e. The van der Waals surface area contributed by atoms with Crippen molar-refractivity contribution in [2.24, 2.45) is 0 Å². The summed E-state index contributed by atoms with van der Waals surface area (Å²) in [5, 5.41) is 11.6. The van der Waals surface area contributed by atoms with Crippen LogP contribution in [0.2, 0.25) is 0 Å². The molecule has 0 aromatic heterocycles. The van der Waals surface area contributed by atoms with Crippen molar-refractivity contribution in [1.29, 1.82) is 0 Å². The van der Waals surface area contributed by atoms with E-state index >= 15 is 0 Å². The number of anilines is 1. The number of carbonyl (C=O) groups is 2. The Morgan fingerprint density at radius 1 is 1.30 bits per heavy atom. The van der Waals surface area contributed by atoms with Crippen molar-refractivity contribution in [3.8, 4) is 0 Å². The summed E-state index contributed by atoms with van der Waals surface area (Å²) in [5.74, 6) is -1.25. The number of carboxylic acids is 1. The zero-order chi connectivity index (χ0) is 15.4. The van der Waals surface area contributed by atoms with Crippen molar-refractivity contribution in [2.75, 3.05) is 18.9 Å². The number of benzene rings is 1. The zero-order valence-electron chi connectivity index (χ0n) is 10.8. The van der Waals surface area contributed by atoms with Gasteiger partial charge in [-0.1, -0.05) is 15.9 Å². The Kier molecular flexibility index (Phi) is 6.63. The van der Waals surface area contributed by atoms with Gasteiger partial charge in [0.1, 0.15) is 6.04 Å². The molecule has 0 saturated heterocycles. The van der Waals surface area contributed by atoms with Crippen LogP contribution in [0.1, 0.15) is 6.92 Å². The maximum atomic E-state index is 11.9. The van der Waals surface area contributed by atoms with E-state index in [2.05, 4.69) is 53.1 Å². The second kappa shape index (κ2) is 7.53. The number of hydrogen-bond donors (Lipinski definition) is 2. The Hall–Kier alpha value is -0.440. The molecular formula is C12H13Br3N2O3. The summed E-state index contributed by atoms with van der Waals surface area (Å²) >= 11 is 10.1. The Labute approximate surface area is 142 Å². The van der Waals surface area contributed by atoms with Gasteiger partial charge in [0.25, 0.3) is 0 Å². The molecule has 2 N–H and O–H groups in total. The molecule has 8 heteroatoms. The van der Waals surface area contributed by atoms with Gasteiger partial charge in [0, 0.05) is 13.4 Å². The van der Waals surface area contributed by atoms with Gasteiger partial charge in [-0.25, -0.2) is 0 Å². The van der Waals surface area contributed by atoms with E-state index in [1.54, 1.807) is 7.05 Å². The van der Waals surface area contributed by atoms with Gasteiger partial charge < -0.3 is 10.4 Å². The lowest BCUT2D eigenvalue weighted by Gasteiger charge is -2.20. The molecule has 20 heavy (non-hydrogen) atoms. The number of likely N-dealkylation sites (N-methyl/N-ethyl adjacent to an activating group) is 1. The molecule has 0 bridgehead atoms.